The predicted molar refractivity (Wildman–Crippen MR) is 112 cm³/mol. The van der Waals surface area contributed by atoms with E-state index in [9.17, 15) is 22.4 Å². The van der Waals surface area contributed by atoms with E-state index in [2.05, 4.69) is 20.6 Å². The minimum atomic E-state index is -2.94. The number of amides is 1. The lowest BCUT2D eigenvalue weighted by Crippen LogP contribution is -2.76. The zero-order chi connectivity index (χ0) is 24.1. The Labute approximate surface area is 193 Å². The molecule has 1 saturated heterocycles. The lowest BCUT2D eigenvalue weighted by atomic mass is 9.47. The van der Waals surface area contributed by atoms with Crippen molar-refractivity contribution in [1.29, 1.82) is 0 Å². The molecule has 1 aromatic carbocycles. The van der Waals surface area contributed by atoms with E-state index in [0.717, 1.165) is 6.07 Å². The van der Waals surface area contributed by atoms with Crippen LogP contribution in [0.25, 0.3) is 0 Å². The number of hydrogen-bond acceptors (Lipinski definition) is 6. The molecule has 1 aliphatic heterocycles. The van der Waals surface area contributed by atoms with E-state index < -0.39 is 41.3 Å². The monoisotopic (exact) mass is 480 g/mol. The van der Waals surface area contributed by atoms with Crippen molar-refractivity contribution in [2.75, 3.05) is 18.5 Å². The molecular formula is C23H24F4N4O3. The van der Waals surface area contributed by atoms with Gasteiger partial charge in [-0.15, -0.1) is 0 Å². The van der Waals surface area contributed by atoms with Gasteiger partial charge in [0.1, 0.15) is 23.6 Å². The Kier molecular flexibility index (Phi) is 5.71. The summed E-state index contributed by atoms with van der Waals surface area (Å²) in [6.07, 6.45) is -1.68. The van der Waals surface area contributed by atoms with Crippen LogP contribution in [0, 0.1) is 5.82 Å². The highest BCUT2D eigenvalue weighted by Gasteiger charge is 2.69. The van der Waals surface area contributed by atoms with Crippen LogP contribution in [0.5, 0.6) is 0 Å². The predicted octanol–water partition coefficient (Wildman–Crippen LogP) is 4.08. The standard InChI is InChI=1S/C23H24F4N4O3/c1-12(13-3-2-4-14(18(13)24)19(25)26)30-20-17(21-33-5-6-34-21)15(28-11-29-20)7-16(32)31-23-8-22(27,9-23)10-23/h2-4,11-12,19,21H,5-10H2,1H3,(H,31,32)(H,28,29,30)/t12-,22?,23?/m1/s1. The molecule has 4 fully saturated rings. The molecule has 11 heteroatoms. The maximum absolute atomic E-state index is 14.7. The van der Waals surface area contributed by atoms with E-state index >= 15 is 0 Å². The summed E-state index contributed by atoms with van der Waals surface area (Å²) in [5, 5.41) is 5.93. The van der Waals surface area contributed by atoms with Gasteiger partial charge in [-0.25, -0.2) is 27.5 Å². The summed E-state index contributed by atoms with van der Waals surface area (Å²) in [5.41, 5.74) is -1.52. The topological polar surface area (TPSA) is 85.4 Å². The number of anilines is 1. The van der Waals surface area contributed by atoms with Gasteiger partial charge < -0.3 is 20.1 Å². The quantitative estimate of drug-likeness (QED) is 0.554. The van der Waals surface area contributed by atoms with Crippen LogP contribution in [-0.2, 0) is 20.7 Å². The van der Waals surface area contributed by atoms with Crippen molar-refractivity contribution in [2.24, 2.45) is 0 Å². The van der Waals surface area contributed by atoms with E-state index in [0.29, 0.717) is 43.7 Å². The van der Waals surface area contributed by atoms with E-state index in [-0.39, 0.29) is 23.7 Å². The Morgan fingerprint density at radius 1 is 1.18 bits per heavy atom. The number of carbonyl (C=O) groups excluding carboxylic acids is 1. The van der Waals surface area contributed by atoms with Gasteiger partial charge in [-0.1, -0.05) is 18.2 Å². The van der Waals surface area contributed by atoms with Gasteiger partial charge in [0.05, 0.1) is 42.5 Å². The van der Waals surface area contributed by atoms with Crippen LogP contribution in [0.4, 0.5) is 23.4 Å². The number of ether oxygens (including phenoxy) is 2. The number of nitrogens with zero attached hydrogens (tertiary/aromatic N) is 2. The molecule has 2 aromatic rings. The molecule has 182 valence electrons. The molecule has 1 amide bonds. The lowest BCUT2D eigenvalue weighted by Gasteiger charge is -2.65. The van der Waals surface area contributed by atoms with Crippen LogP contribution >= 0.6 is 0 Å². The number of carbonyl (C=O) groups is 1. The minimum Gasteiger partial charge on any atom is -0.363 e. The summed E-state index contributed by atoms with van der Waals surface area (Å²) in [6, 6.07) is 3.08. The molecular weight excluding hydrogens is 456 g/mol. The maximum atomic E-state index is 14.7. The second-order valence-corrected chi connectivity index (χ2v) is 9.26. The number of aromatic nitrogens is 2. The minimum absolute atomic E-state index is 0.0405. The summed E-state index contributed by atoms with van der Waals surface area (Å²) in [5.74, 6) is -1.06. The van der Waals surface area contributed by atoms with Crippen molar-refractivity contribution < 1.29 is 31.8 Å². The molecule has 0 spiro atoms. The molecule has 1 atom stereocenters. The zero-order valence-corrected chi connectivity index (χ0v) is 18.4. The molecule has 0 unspecified atom stereocenters. The van der Waals surface area contributed by atoms with E-state index in [1.54, 1.807) is 6.92 Å². The summed E-state index contributed by atoms with van der Waals surface area (Å²) < 4.78 is 66.0. The molecule has 3 saturated carbocycles. The first-order chi connectivity index (χ1) is 16.2. The Bertz CT molecular complexity index is 1090. The molecule has 7 nitrogen and oxygen atoms in total. The molecule has 2 heterocycles. The van der Waals surface area contributed by atoms with Gasteiger partial charge >= 0.3 is 0 Å². The summed E-state index contributed by atoms with van der Waals surface area (Å²) in [7, 11) is 0. The lowest BCUT2D eigenvalue weighted by molar-refractivity contribution is -0.174. The average molecular weight is 480 g/mol. The normalized spacial score (nSPS) is 26.6. The first-order valence-electron chi connectivity index (χ1n) is 11.1. The molecule has 1 aromatic heterocycles. The van der Waals surface area contributed by atoms with Crippen molar-refractivity contribution in [3.05, 3.63) is 52.7 Å². The van der Waals surface area contributed by atoms with Gasteiger partial charge in [0.15, 0.2) is 6.29 Å². The number of alkyl halides is 3. The third-order valence-corrected chi connectivity index (χ3v) is 6.64. The van der Waals surface area contributed by atoms with Crippen molar-refractivity contribution >= 4 is 11.7 Å². The fourth-order valence-corrected chi connectivity index (χ4v) is 5.10. The van der Waals surface area contributed by atoms with Crippen molar-refractivity contribution in [3.63, 3.8) is 0 Å². The molecule has 3 aliphatic carbocycles. The SMILES string of the molecule is C[C@@H](Nc1ncnc(CC(=O)NC23CC(F)(C2)C3)c1C1OCCO1)c1cccc(C(F)F)c1F. The van der Waals surface area contributed by atoms with Gasteiger partial charge in [0, 0.05) is 30.4 Å². The third kappa shape index (κ3) is 4.11. The van der Waals surface area contributed by atoms with Crippen LogP contribution in [0.1, 0.15) is 67.3 Å². The van der Waals surface area contributed by atoms with Gasteiger partial charge in [0.2, 0.25) is 5.91 Å². The van der Waals surface area contributed by atoms with Crippen LogP contribution in [0.2, 0.25) is 0 Å². The third-order valence-electron chi connectivity index (χ3n) is 6.64. The van der Waals surface area contributed by atoms with Gasteiger partial charge in [-0.3, -0.25) is 4.79 Å². The van der Waals surface area contributed by atoms with Crippen molar-refractivity contribution in [1.82, 2.24) is 15.3 Å². The van der Waals surface area contributed by atoms with Crippen molar-refractivity contribution in [2.45, 2.75) is 62.6 Å². The van der Waals surface area contributed by atoms with Crippen LogP contribution in [0.15, 0.2) is 24.5 Å². The molecule has 2 bridgehead atoms. The fourth-order valence-electron chi connectivity index (χ4n) is 5.10. The average Bonchev–Trinajstić information content (AvgIpc) is 3.26. The summed E-state index contributed by atoms with van der Waals surface area (Å²) >= 11 is 0. The Hall–Kier alpha value is -2.79. The van der Waals surface area contributed by atoms with E-state index in [1.165, 1.54) is 18.5 Å². The van der Waals surface area contributed by atoms with Crippen molar-refractivity contribution in [3.8, 4) is 0 Å². The smallest absolute Gasteiger partial charge is 0.266 e. The summed E-state index contributed by atoms with van der Waals surface area (Å²) in [6.45, 7) is 2.26. The maximum Gasteiger partial charge on any atom is 0.266 e. The van der Waals surface area contributed by atoms with Crippen LogP contribution in [-0.4, -0.2) is 40.3 Å². The molecule has 2 N–H and O–H groups in total. The zero-order valence-electron chi connectivity index (χ0n) is 18.4. The number of hydrogen-bond donors (Lipinski definition) is 2. The van der Waals surface area contributed by atoms with Gasteiger partial charge in [-0.2, -0.15) is 0 Å². The van der Waals surface area contributed by atoms with E-state index in [1.807, 2.05) is 0 Å². The molecule has 0 radical (unpaired) electrons. The van der Waals surface area contributed by atoms with E-state index in [4.69, 9.17) is 9.47 Å². The fraction of sp³-hybridized carbons (Fsp3) is 0.522. The Morgan fingerprint density at radius 3 is 2.50 bits per heavy atom. The molecule has 4 aliphatic rings. The number of benzene rings is 1. The highest BCUT2D eigenvalue weighted by atomic mass is 19.3. The first kappa shape index (κ1) is 23.0. The van der Waals surface area contributed by atoms with Gasteiger partial charge in [-0.05, 0) is 6.92 Å². The molecule has 34 heavy (non-hydrogen) atoms. The second-order valence-electron chi connectivity index (χ2n) is 9.26. The van der Waals surface area contributed by atoms with Gasteiger partial charge in [0.25, 0.3) is 6.43 Å². The number of halogens is 4. The van der Waals surface area contributed by atoms with Crippen LogP contribution < -0.4 is 10.6 Å². The summed E-state index contributed by atoms with van der Waals surface area (Å²) in [4.78, 5) is 21.2. The number of nitrogens with one attached hydrogen (secondary N) is 2. The Morgan fingerprint density at radius 2 is 1.85 bits per heavy atom. The first-order valence-corrected chi connectivity index (χ1v) is 11.1. The molecule has 6 rings (SSSR count). The largest absolute Gasteiger partial charge is 0.363 e. The Balaban J connectivity index is 1.39. The number of rotatable bonds is 8. The highest BCUT2D eigenvalue weighted by molar-refractivity contribution is 5.80. The second kappa shape index (κ2) is 8.46. The van der Waals surface area contributed by atoms with Crippen LogP contribution in [0.3, 0.4) is 0 Å². The highest BCUT2D eigenvalue weighted by Crippen LogP contribution is 2.62.